The van der Waals surface area contributed by atoms with Gasteiger partial charge in [0.05, 0.1) is 25.4 Å². The lowest BCUT2D eigenvalue weighted by Crippen LogP contribution is -2.49. The van der Waals surface area contributed by atoms with Gasteiger partial charge in [0.15, 0.2) is 0 Å². The number of halogens is 2. The van der Waals surface area contributed by atoms with Crippen LogP contribution >= 0.6 is 0 Å². The fourth-order valence-electron chi connectivity index (χ4n) is 4.38. The normalized spacial score (nSPS) is 19.1. The van der Waals surface area contributed by atoms with Gasteiger partial charge in [0, 0.05) is 36.9 Å². The number of hydrogen-bond donors (Lipinski definition) is 4. The second-order valence-electron chi connectivity index (χ2n) is 8.72. The molecular formula is C24H29F2N3O4. The zero-order valence-electron chi connectivity index (χ0n) is 18.3. The number of nitrogens with zero attached hydrogens (tertiary/aromatic N) is 1. The molecule has 1 heterocycles. The van der Waals surface area contributed by atoms with Gasteiger partial charge in [-0.3, -0.25) is 0 Å². The maximum Gasteiger partial charge on any atom is 0.404 e. The Morgan fingerprint density at radius 3 is 2.45 bits per heavy atom. The van der Waals surface area contributed by atoms with E-state index in [1.54, 1.807) is 0 Å². The fraction of sp³-hybridized carbons (Fsp3) is 0.458. The molecule has 1 aliphatic heterocycles. The van der Waals surface area contributed by atoms with Crippen molar-refractivity contribution >= 4 is 11.8 Å². The molecule has 2 fully saturated rings. The van der Waals surface area contributed by atoms with Crippen molar-refractivity contribution in [2.45, 2.75) is 36.9 Å². The smallest absolute Gasteiger partial charge is 0.404 e. The molecule has 33 heavy (non-hydrogen) atoms. The van der Waals surface area contributed by atoms with Crippen LogP contribution in [0.15, 0.2) is 42.5 Å². The quantitative estimate of drug-likeness (QED) is 0.459. The number of amides is 1. The maximum absolute atomic E-state index is 13.5. The molecule has 0 aromatic heterocycles. The molecular weight excluding hydrogens is 432 g/mol. The summed E-state index contributed by atoms with van der Waals surface area (Å²) in [6.07, 6.45) is -0.636. The standard InChI is InChI=1S/C24H29F2N3O4/c25-18-10-16(11-19(26)14-18)12-21(28-23(31)32)22(30)15-27-24(4-5-24)17-2-1-3-20(13-17)29-6-8-33-9-7-29/h1-3,10-11,13-14,21-22,27-28,30H,4-9,12,15H2,(H,31,32)/t21-,22+/m0/s1. The van der Waals surface area contributed by atoms with E-state index in [0.29, 0.717) is 13.2 Å². The minimum Gasteiger partial charge on any atom is -0.465 e. The Morgan fingerprint density at radius 2 is 1.82 bits per heavy atom. The third kappa shape index (κ3) is 5.98. The van der Waals surface area contributed by atoms with Gasteiger partial charge in [-0.15, -0.1) is 0 Å². The highest BCUT2D eigenvalue weighted by Gasteiger charge is 2.44. The Hall–Kier alpha value is -2.75. The van der Waals surface area contributed by atoms with Crippen LogP contribution in [0.1, 0.15) is 24.0 Å². The number of nitrogens with one attached hydrogen (secondary N) is 2. The largest absolute Gasteiger partial charge is 0.465 e. The zero-order valence-corrected chi connectivity index (χ0v) is 18.3. The van der Waals surface area contributed by atoms with Crippen molar-refractivity contribution in [2.24, 2.45) is 0 Å². The fourth-order valence-corrected chi connectivity index (χ4v) is 4.38. The molecule has 0 radical (unpaired) electrons. The predicted molar refractivity (Wildman–Crippen MR) is 119 cm³/mol. The van der Waals surface area contributed by atoms with Gasteiger partial charge in [0.1, 0.15) is 11.6 Å². The molecule has 1 amide bonds. The SMILES string of the molecule is O=C(O)N[C@@H](Cc1cc(F)cc(F)c1)[C@H](O)CNC1(c2cccc(N3CCOCC3)c2)CC1. The second-order valence-corrected chi connectivity index (χ2v) is 8.72. The molecule has 2 aromatic rings. The lowest BCUT2D eigenvalue weighted by Gasteiger charge is -2.30. The maximum atomic E-state index is 13.5. The summed E-state index contributed by atoms with van der Waals surface area (Å²) >= 11 is 0. The van der Waals surface area contributed by atoms with Gasteiger partial charge < -0.3 is 30.5 Å². The number of carbonyl (C=O) groups is 1. The van der Waals surface area contributed by atoms with Crippen LogP contribution in [0.2, 0.25) is 0 Å². The summed E-state index contributed by atoms with van der Waals surface area (Å²) in [5.74, 6) is -1.49. The summed E-state index contributed by atoms with van der Waals surface area (Å²) in [6, 6.07) is 10.4. The highest BCUT2D eigenvalue weighted by atomic mass is 19.1. The van der Waals surface area contributed by atoms with E-state index in [4.69, 9.17) is 4.74 Å². The Kier molecular flexibility index (Phi) is 7.11. The zero-order chi connectivity index (χ0) is 23.4. The van der Waals surface area contributed by atoms with Gasteiger partial charge in [-0.05, 0) is 54.7 Å². The molecule has 4 N–H and O–H groups in total. The molecule has 2 atom stereocenters. The first-order valence-corrected chi connectivity index (χ1v) is 11.2. The number of carboxylic acid groups (broad SMARTS) is 1. The van der Waals surface area contributed by atoms with Crippen molar-refractivity contribution in [3.63, 3.8) is 0 Å². The molecule has 7 nitrogen and oxygen atoms in total. The molecule has 0 unspecified atom stereocenters. The van der Waals surface area contributed by atoms with Crippen molar-refractivity contribution in [3.8, 4) is 0 Å². The number of ether oxygens (including phenoxy) is 1. The number of aliphatic hydroxyl groups is 1. The molecule has 1 saturated carbocycles. The van der Waals surface area contributed by atoms with E-state index in [1.165, 1.54) is 0 Å². The van der Waals surface area contributed by atoms with Gasteiger partial charge in [0.2, 0.25) is 0 Å². The van der Waals surface area contributed by atoms with E-state index in [9.17, 15) is 23.8 Å². The van der Waals surface area contributed by atoms with Crippen molar-refractivity contribution in [1.82, 2.24) is 10.6 Å². The number of hydrogen-bond acceptors (Lipinski definition) is 5. The van der Waals surface area contributed by atoms with E-state index in [-0.39, 0.29) is 24.1 Å². The summed E-state index contributed by atoms with van der Waals surface area (Å²) in [4.78, 5) is 13.5. The summed E-state index contributed by atoms with van der Waals surface area (Å²) < 4.78 is 32.5. The molecule has 2 aromatic carbocycles. The number of aliphatic hydroxyl groups excluding tert-OH is 1. The van der Waals surface area contributed by atoms with Crippen molar-refractivity contribution < 1.29 is 28.5 Å². The Morgan fingerprint density at radius 1 is 1.12 bits per heavy atom. The topological polar surface area (TPSA) is 94.1 Å². The van der Waals surface area contributed by atoms with Crippen LogP contribution in [0.4, 0.5) is 19.3 Å². The Labute approximate surface area is 191 Å². The predicted octanol–water partition coefficient (Wildman–Crippen LogP) is 2.62. The highest BCUT2D eigenvalue weighted by molar-refractivity contribution is 5.65. The lowest BCUT2D eigenvalue weighted by molar-refractivity contribution is 0.114. The third-order valence-corrected chi connectivity index (χ3v) is 6.33. The highest BCUT2D eigenvalue weighted by Crippen LogP contribution is 2.46. The van der Waals surface area contributed by atoms with Gasteiger partial charge >= 0.3 is 6.09 Å². The molecule has 4 rings (SSSR count). The summed E-state index contributed by atoms with van der Waals surface area (Å²) in [7, 11) is 0. The second kappa shape index (κ2) is 10.0. The van der Waals surface area contributed by atoms with Crippen LogP contribution in [0.5, 0.6) is 0 Å². The van der Waals surface area contributed by atoms with E-state index in [0.717, 1.165) is 55.4 Å². The van der Waals surface area contributed by atoms with E-state index < -0.39 is 29.9 Å². The van der Waals surface area contributed by atoms with Crippen LogP contribution in [0, 0.1) is 11.6 Å². The molecule has 1 saturated heterocycles. The molecule has 9 heteroatoms. The minimum atomic E-state index is -1.31. The van der Waals surface area contributed by atoms with Crippen molar-refractivity contribution in [2.75, 3.05) is 37.7 Å². The Balaban J connectivity index is 1.42. The van der Waals surface area contributed by atoms with Crippen LogP contribution < -0.4 is 15.5 Å². The van der Waals surface area contributed by atoms with Crippen LogP contribution in [0.25, 0.3) is 0 Å². The average Bonchev–Trinajstić information content (AvgIpc) is 3.58. The monoisotopic (exact) mass is 461 g/mol. The summed E-state index contributed by atoms with van der Waals surface area (Å²) in [6.45, 7) is 3.21. The van der Waals surface area contributed by atoms with Gasteiger partial charge in [0.25, 0.3) is 0 Å². The number of rotatable bonds is 9. The Bertz CT molecular complexity index is 960. The van der Waals surface area contributed by atoms with E-state index in [2.05, 4.69) is 33.7 Å². The number of morpholine rings is 1. The average molecular weight is 462 g/mol. The first-order valence-electron chi connectivity index (χ1n) is 11.2. The number of benzene rings is 2. The molecule has 0 spiro atoms. The van der Waals surface area contributed by atoms with Gasteiger partial charge in [-0.1, -0.05) is 12.1 Å². The lowest BCUT2D eigenvalue weighted by atomic mass is 9.99. The molecule has 178 valence electrons. The third-order valence-electron chi connectivity index (χ3n) is 6.33. The first-order chi connectivity index (χ1) is 15.8. The minimum absolute atomic E-state index is 0.0384. The summed E-state index contributed by atoms with van der Waals surface area (Å²) in [5.41, 5.74) is 2.24. The van der Waals surface area contributed by atoms with E-state index >= 15 is 0 Å². The van der Waals surface area contributed by atoms with Gasteiger partial charge in [-0.2, -0.15) is 0 Å². The van der Waals surface area contributed by atoms with Crippen molar-refractivity contribution in [3.05, 3.63) is 65.2 Å². The number of anilines is 1. The van der Waals surface area contributed by atoms with Crippen molar-refractivity contribution in [1.29, 1.82) is 0 Å². The first kappa shape index (κ1) is 23.4. The molecule has 2 aliphatic rings. The van der Waals surface area contributed by atoms with Gasteiger partial charge in [-0.25, -0.2) is 13.6 Å². The van der Waals surface area contributed by atoms with Crippen LogP contribution in [0.3, 0.4) is 0 Å². The summed E-state index contributed by atoms with van der Waals surface area (Å²) in [5, 5.41) is 25.6. The van der Waals surface area contributed by atoms with Crippen LogP contribution in [-0.4, -0.2) is 61.3 Å². The molecule has 0 bridgehead atoms. The van der Waals surface area contributed by atoms with E-state index in [1.807, 2.05) is 6.07 Å². The molecule has 1 aliphatic carbocycles. The van der Waals surface area contributed by atoms with Crippen LogP contribution in [-0.2, 0) is 16.7 Å².